The molecule has 0 bridgehead atoms. The number of rotatable bonds is 10. The minimum Gasteiger partial charge on any atom is -0.309 e. The van der Waals surface area contributed by atoms with Gasteiger partial charge in [-0.2, -0.15) is 0 Å². The first kappa shape index (κ1) is 18.0. The zero-order chi connectivity index (χ0) is 14.8. The monoisotopic (exact) mass is 282 g/mol. The second-order valence-electron chi connectivity index (χ2n) is 6.95. The predicted molar refractivity (Wildman–Crippen MR) is 90.3 cm³/mol. The van der Waals surface area contributed by atoms with Gasteiger partial charge in [-0.15, -0.1) is 0 Å². The number of unbranched alkanes of at least 4 members (excludes halogenated alkanes) is 6. The average Bonchev–Trinajstić information content (AvgIpc) is 2.46. The average molecular weight is 283 g/mol. The SMILES string of the molecule is CCCCCCCCCN1CC(C)(CC)NCC1CC. The van der Waals surface area contributed by atoms with Crippen LogP contribution in [0.3, 0.4) is 0 Å². The largest absolute Gasteiger partial charge is 0.309 e. The first-order valence-electron chi connectivity index (χ1n) is 9.14. The van der Waals surface area contributed by atoms with Gasteiger partial charge in [0.2, 0.25) is 0 Å². The summed E-state index contributed by atoms with van der Waals surface area (Å²) >= 11 is 0. The minimum atomic E-state index is 0.340. The predicted octanol–water partition coefficient (Wildman–Crippen LogP) is 4.59. The molecule has 2 heteroatoms. The van der Waals surface area contributed by atoms with Crippen molar-refractivity contribution in [1.29, 1.82) is 0 Å². The van der Waals surface area contributed by atoms with E-state index < -0.39 is 0 Å². The maximum Gasteiger partial charge on any atom is 0.0278 e. The van der Waals surface area contributed by atoms with E-state index >= 15 is 0 Å². The van der Waals surface area contributed by atoms with Gasteiger partial charge in [-0.05, 0) is 32.7 Å². The third kappa shape index (κ3) is 6.13. The van der Waals surface area contributed by atoms with Crippen molar-refractivity contribution in [2.24, 2.45) is 0 Å². The zero-order valence-electron chi connectivity index (χ0n) is 14.5. The summed E-state index contributed by atoms with van der Waals surface area (Å²) in [6.07, 6.45) is 12.4. The lowest BCUT2D eigenvalue weighted by Gasteiger charge is -2.46. The molecule has 2 atom stereocenters. The van der Waals surface area contributed by atoms with Gasteiger partial charge in [-0.25, -0.2) is 0 Å². The third-order valence-electron chi connectivity index (χ3n) is 5.13. The molecular weight excluding hydrogens is 244 g/mol. The Morgan fingerprint density at radius 3 is 2.25 bits per heavy atom. The molecule has 20 heavy (non-hydrogen) atoms. The molecule has 0 aromatic heterocycles. The molecular formula is C18H38N2. The van der Waals surface area contributed by atoms with E-state index in [-0.39, 0.29) is 0 Å². The Balaban J connectivity index is 2.21. The lowest BCUT2D eigenvalue weighted by molar-refractivity contribution is 0.0803. The molecule has 120 valence electrons. The van der Waals surface area contributed by atoms with E-state index in [0.717, 1.165) is 6.04 Å². The molecule has 2 nitrogen and oxygen atoms in total. The Labute approximate surface area is 127 Å². The van der Waals surface area contributed by atoms with Gasteiger partial charge in [0.15, 0.2) is 0 Å². The van der Waals surface area contributed by atoms with E-state index in [1.807, 2.05) is 0 Å². The molecule has 1 heterocycles. The maximum absolute atomic E-state index is 3.76. The van der Waals surface area contributed by atoms with Crippen LogP contribution in [0, 0.1) is 0 Å². The van der Waals surface area contributed by atoms with Gasteiger partial charge in [0.05, 0.1) is 0 Å². The summed E-state index contributed by atoms with van der Waals surface area (Å²) in [4.78, 5) is 2.76. The highest BCUT2D eigenvalue weighted by Gasteiger charge is 2.33. The Kier molecular flexibility index (Phi) is 8.79. The first-order chi connectivity index (χ1) is 9.65. The van der Waals surface area contributed by atoms with Crippen LogP contribution in [0.4, 0.5) is 0 Å². The van der Waals surface area contributed by atoms with Crippen LogP contribution in [0.25, 0.3) is 0 Å². The van der Waals surface area contributed by atoms with E-state index in [1.54, 1.807) is 0 Å². The topological polar surface area (TPSA) is 15.3 Å². The van der Waals surface area contributed by atoms with Crippen LogP contribution in [-0.4, -0.2) is 36.1 Å². The second-order valence-corrected chi connectivity index (χ2v) is 6.95. The molecule has 1 fully saturated rings. The minimum absolute atomic E-state index is 0.340. The quantitative estimate of drug-likeness (QED) is 0.590. The summed E-state index contributed by atoms with van der Waals surface area (Å²) in [5.74, 6) is 0. The van der Waals surface area contributed by atoms with Gasteiger partial charge >= 0.3 is 0 Å². The summed E-state index contributed by atoms with van der Waals surface area (Å²) in [5, 5.41) is 3.76. The van der Waals surface area contributed by atoms with Crippen LogP contribution in [0.15, 0.2) is 0 Å². The van der Waals surface area contributed by atoms with Gasteiger partial charge in [-0.3, -0.25) is 4.90 Å². The van der Waals surface area contributed by atoms with Crippen LogP contribution in [-0.2, 0) is 0 Å². The summed E-state index contributed by atoms with van der Waals surface area (Å²) < 4.78 is 0. The van der Waals surface area contributed by atoms with Crippen molar-refractivity contribution in [2.75, 3.05) is 19.6 Å². The van der Waals surface area contributed by atoms with Crippen molar-refractivity contribution < 1.29 is 0 Å². The van der Waals surface area contributed by atoms with Crippen LogP contribution in [0.1, 0.15) is 85.5 Å². The van der Waals surface area contributed by atoms with E-state index in [1.165, 1.54) is 77.4 Å². The molecule has 1 aliphatic heterocycles. The molecule has 1 rings (SSSR count). The van der Waals surface area contributed by atoms with Crippen molar-refractivity contribution >= 4 is 0 Å². The molecule has 0 spiro atoms. The lowest BCUT2D eigenvalue weighted by Crippen LogP contribution is -2.62. The van der Waals surface area contributed by atoms with E-state index in [0.29, 0.717) is 5.54 Å². The molecule has 0 aromatic rings. The molecule has 1 saturated heterocycles. The van der Waals surface area contributed by atoms with Crippen LogP contribution in [0.2, 0.25) is 0 Å². The fourth-order valence-electron chi connectivity index (χ4n) is 3.30. The van der Waals surface area contributed by atoms with Crippen LogP contribution < -0.4 is 5.32 Å². The van der Waals surface area contributed by atoms with E-state index in [9.17, 15) is 0 Å². The van der Waals surface area contributed by atoms with Gasteiger partial charge in [0.25, 0.3) is 0 Å². The standard InChI is InChI=1S/C18H38N2/c1-5-8-9-10-11-12-13-14-20-16-18(4,7-3)19-15-17(20)6-2/h17,19H,5-16H2,1-4H3. The highest BCUT2D eigenvalue weighted by atomic mass is 15.2. The number of hydrogen-bond acceptors (Lipinski definition) is 2. The molecule has 1 aliphatic rings. The summed E-state index contributed by atoms with van der Waals surface area (Å²) in [5.41, 5.74) is 0.340. The zero-order valence-corrected chi connectivity index (χ0v) is 14.5. The second kappa shape index (κ2) is 9.78. The Bertz CT molecular complexity index is 242. The molecule has 0 aromatic carbocycles. The Hall–Kier alpha value is -0.0800. The number of nitrogens with one attached hydrogen (secondary N) is 1. The van der Waals surface area contributed by atoms with Crippen molar-refractivity contribution in [3.63, 3.8) is 0 Å². The summed E-state index contributed by atoms with van der Waals surface area (Å²) in [6, 6.07) is 0.759. The van der Waals surface area contributed by atoms with Gasteiger partial charge in [0.1, 0.15) is 0 Å². The Morgan fingerprint density at radius 1 is 1.00 bits per heavy atom. The highest BCUT2D eigenvalue weighted by Crippen LogP contribution is 2.21. The van der Waals surface area contributed by atoms with Crippen LogP contribution >= 0.6 is 0 Å². The fourth-order valence-corrected chi connectivity index (χ4v) is 3.30. The maximum atomic E-state index is 3.76. The molecule has 0 aliphatic carbocycles. The third-order valence-corrected chi connectivity index (χ3v) is 5.13. The first-order valence-corrected chi connectivity index (χ1v) is 9.14. The Morgan fingerprint density at radius 2 is 1.65 bits per heavy atom. The fraction of sp³-hybridized carbons (Fsp3) is 1.00. The summed E-state index contributed by atoms with van der Waals surface area (Å²) in [6.45, 7) is 13.0. The van der Waals surface area contributed by atoms with Crippen molar-refractivity contribution in [2.45, 2.75) is 97.1 Å². The smallest absolute Gasteiger partial charge is 0.0278 e. The molecule has 2 unspecified atom stereocenters. The number of hydrogen-bond donors (Lipinski definition) is 1. The number of piperazine rings is 1. The molecule has 0 amide bonds. The van der Waals surface area contributed by atoms with Crippen molar-refractivity contribution in [1.82, 2.24) is 10.2 Å². The molecule has 0 saturated carbocycles. The van der Waals surface area contributed by atoms with Gasteiger partial charge < -0.3 is 5.32 Å². The van der Waals surface area contributed by atoms with Crippen molar-refractivity contribution in [3.05, 3.63) is 0 Å². The van der Waals surface area contributed by atoms with Crippen LogP contribution in [0.5, 0.6) is 0 Å². The van der Waals surface area contributed by atoms with Gasteiger partial charge in [-0.1, -0.05) is 59.3 Å². The summed E-state index contributed by atoms with van der Waals surface area (Å²) in [7, 11) is 0. The molecule has 0 radical (unpaired) electrons. The van der Waals surface area contributed by atoms with E-state index in [2.05, 4.69) is 37.9 Å². The number of nitrogens with zero attached hydrogens (tertiary/aromatic N) is 1. The van der Waals surface area contributed by atoms with Crippen molar-refractivity contribution in [3.8, 4) is 0 Å². The normalized spacial score (nSPS) is 27.9. The molecule has 1 N–H and O–H groups in total. The van der Waals surface area contributed by atoms with E-state index in [4.69, 9.17) is 0 Å². The highest BCUT2D eigenvalue weighted by molar-refractivity contribution is 4.93. The lowest BCUT2D eigenvalue weighted by atomic mass is 9.92. The van der Waals surface area contributed by atoms with Gasteiger partial charge in [0, 0.05) is 24.7 Å².